The lowest BCUT2D eigenvalue weighted by Gasteiger charge is -2.52. The number of hydrogen-bond acceptors (Lipinski definition) is 16. The van der Waals surface area contributed by atoms with Crippen LogP contribution < -0.4 is 10.6 Å². The number of rotatable bonds is 23. The summed E-state index contributed by atoms with van der Waals surface area (Å²) in [4.78, 5) is 121. The monoisotopic (exact) mass is 1040 g/mol. The van der Waals surface area contributed by atoms with Crippen LogP contribution in [0.3, 0.4) is 0 Å². The average molecular weight is 1040 g/mol. The first-order valence-corrected chi connectivity index (χ1v) is 26.0. The zero-order valence-electron chi connectivity index (χ0n) is 43.7. The molecule has 20 nitrogen and oxygen atoms in total. The van der Waals surface area contributed by atoms with Crippen LogP contribution in [-0.4, -0.2) is 153 Å². The van der Waals surface area contributed by atoms with Crippen molar-refractivity contribution in [3.63, 3.8) is 0 Å². The number of ketones is 2. The van der Waals surface area contributed by atoms with Crippen LogP contribution in [0.2, 0.25) is 0 Å². The van der Waals surface area contributed by atoms with Crippen molar-refractivity contribution < 1.29 is 76.0 Å². The second kappa shape index (κ2) is 22.2. The molecule has 402 valence electrons. The molecule has 4 N–H and O–H groups in total. The summed E-state index contributed by atoms with van der Waals surface area (Å²) in [5.41, 5.74) is 2.78. The molecule has 6 atom stereocenters. The fourth-order valence-electron chi connectivity index (χ4n) is 11.8. The molecule has 0 bridgehead atoms. The summed E-state index contributed by atoms with van der Waals surface area (Å²) in [5, 5.41) is 28.0. The van der Waals surface area contributed by atoms with Gasteiger partial charge in [-0.05, 0) is 62.8 Å². The molecular formula is C54H66B2N6O14. The maximum absolute atomic E-state index is 14.5. The van der Waals surface area contributed by atoms with Gasteiger partial charge in [-0.2, -0.15) is 0 Å². The summed E-state index contributed by atoms with van der Waals surface area (Å²) in [7, 11) is 0. The lowest BCUT2D eigenvalue weighted by atomic mass is 9.56. The Balaban J connectivity index is 1.06. The second-order valence-electron chi connectivity index (χ2n) is 21.9. The molecule has 4 aromatic rings. The third-order valence-corrected chi connectivity index (χ3v) is 15.5. The highest BCUT2D eigenvalue weighted by Crippen LogP contribution is 2.44. The summed E-state index contributed by atoms with van der Waals surface area (Å²) in [6, 6.07) is 28.4. The van der Waals surface area contributed by atoms with Crippen LogP contribution in [0, 0.1) is 23.7 Å². The van der Waals surface area contributed by atoms with E-state index < -0.39 is 144 Å². The molecular weight excluding hydrogens is 978 g/mol. The van der Waals surface area contributed by atoms with Crippen LogP contribution in [-0.2, 0) is 47.4 Å². The number of carbonyl (C=O) groups is 8. The summed E-state index contributed by atoms with van der Waals surface area (Å²) >= 11 is 0. The van der Waals surface area contributed by atoms with Gasteiger partial charge in [-0.3, -0.25) is 38.4 Å². The standard InChI is InChI=1S/C54H66B2N6O14/c1-33(2)25-47(59-53(71)39(35(5)63)27-45(65)43-21-13-19-41(57-43)37-15-9-7-10-16-37)55-61(29-49(67)73-55,30-50(68)74-55)23-24-62-31-51(69)75-56(62,76-52(70)32-62)48(26-34(3)4)60-54(72)40(36(6)64)28-46(66)44-22-14-20-42(58-44)38-17-11-8-12-18-38/h7-22,33-36,39-40,47-48,63-64H,23-32H2,1-6H3,(H,59,71)(H,60,72)/t35-,36-,39-,40-,47-,48-,55?,56?,61?,62?/m0/s1. The van der Waals surface area contributed by atoms with Gasteiger partial charge < -0.3 is 48.3 Å². The summed E-state index contributed by atoms with van der Waals surface area (Å²) in [6.45, 7) is 1.89. The smallest absolute Gasteiger partial charge is 0.599 e. The molecule has 2 amide bonds. The van der Waals surface area contributed by atoms with E-state index in [1.807, 2.05) is 88.4 Å². The molecule has 2 aromatic heterocycles. The molecule has 4 aliphatic heterocycles. The Bertz CT molecular complexity index is 2650. The molecule has 4 fully saturated rings. The van der Waals surface area contributed by atoms with Crippen molar-refractivity contribution in [2.75, 3.05) is 39.3 Å². The van der Waals surface area contributed by atoms with Crippen LogP contribution in [0.4, 0.5) is 0 Å². The fraction of sp³-hybridized carbons (Fsp3) is 0.444. The van der Waals surface area contributed by atoms with Crippen molar-refractivity contribution >= 4 is 60.6 Å². The summed E-state index contributed by atoms with van der Waals surface area (Å²) < 4.78 is 23.6. The summed E-state index contributed by atoms with van der Waals surface area (Å²) in [6.07, 6.45) is -3.38. The Labute approximate surface area is 441 Å². The van der Waals surface area contributed by atoms with Crippen molar-refractivity contribution in [3.8, 4) is 22.5 Å². The van der Waals surface area contributed by atoms with Gasteiger partial charge in [-0.1, -0.05) is 100 Å². The number of pyridine rings is 2. The van der Waals surface area contributed by atoms with Gasteiger partial charge in [0.2, 0.25) is 11.8 Å². The maximum atomic E-state index is 14.5. The van der Waals surface area contributed by atoms with Crippen LogP contribution in [0.25, 0.3) is 22.5 Å². The quantitative estimate of drug-likeness (QED) is 0.0612. The van der Waals surface area contributed by atoms with E-state index in [1.165, 1.54) is 26.0 Å². The molecule has 0 unspecified atom stereocenters. The second-order valence-corrected chi connectivity index (χ2v) is 21.9. The molecule has 4 saturated heterocycles. The number of fused-ring (bicyclic) bond motifs is 2. The summed E-state index contributed by atoms with van der Waals surface area (Å²) in [5.74, 6) is -11.0. The number of nitrogens with one attached hydrogen (secondary N) is 2. The van der Waals surface area contributed by atoms with Gasteiger partial charge in [0.1, 0.15) is 37.6 Å². The minimum absolute atomic E-state index is 0.0805. The van der Waals surface area contributed by atoms with Crippen molar-refractivity contribution in [2.45, 2.75) is 91.3 Å². The predicted molar refractivity (Wildman–Crippen MR) is 276 cm³/mol. The van der Waals surface area contributed by atoms with E-state index >= 15 is 0 Å². The Morgan fingerprint density at radius 1 is 0.513 bits per heavy atom. The highest BCUT2D eigenvalue weighted by molar-refractivity contribution is 6.68. The fourth-order valence-corrected chi connectivity index (χ4v) is 11.8. The molecule has 22 heteroatoms. The predicted octanol–water partition coefficient (Wildman–Crippen LogP) is 3.53. The maximum Gasteiger partial charge on any atom is 0.605 e. The Kier molecular flexibility index (Phi) is 16.1. The average Bonchev–Trinajstić information content (AvgIpc) is 4.12. The van der Waals surface area contributed by atoms with E-state index in [0.29, 0.717) is 11.4 Å². The first-order chi connectivity index (χ1) is 36.1. The number of quaternary nitrogens is 2. The van der Waals surface area contributed by atoms with Crippen LogP contribution in [0.1, 0.15) is 88.2 Å². The molecule has 0 saturated carbocycles. The van der Waals surface area contributed by atoms with Crippen molar-refractivity contribution in [1.82, 2.24) is 20.6 Å². The third kappa shape index (κ3) is 11.1. The van der Waals surface area contributed by atoms with Crippen LogP contribution >= 0.6 is 0 Å². The number of Topliss-reactive ketones (excluding diaryl/α,β-unsaturated/α-hetero) is 2. The SMILES string of the molecule is CC(C)C[C@H](NC(=O)[C@@H](CC(=O)c1cccc(-c2ccccc2)n1)[C@H](C)O)[B-]12OC(=O)C[N+]1(CC[N+]13CC(=O)O[B-]1([C@H](CC(C)C)NC(=O)[C@@H](CC(=O)c1cccc(-c4ccccc4)n1)[C@H](C)O)OC(=O)C3)CC(=O)O2. The molecule has 2 aromatic carbocycles. The first-order valence-electron chi connectivity index (χ1n) is 26.0. The molecule has 6 heterocycles. The molecule has 4 aliphatic rings. The van der Waals surface area contributed by atoms with Gasteiger partial charge in [0.25, 0.3) is 0 Å². The Morgan fingerprint density at radius 3 is 1.14 bits per heavy atom. The van der Waals surface area contributed by atoms with Crippen LogP contribution in [0.15, 0.2) is 97.1 Å². The van der Waals surface area contributed by atoms with E-state index in [2.05, 4.69) is 20.6 Å². The highest BCUT2D eigenvalue weighted by atomic mass is 16.7. The topological polar surface area (TPSA) is 264 Å². The number of amides is 2. The number of aliphatic hydroxyl groups excluding tert-OH is 2. The van der Waals surface area contributed by atoms with Gasteiger partial charge in [0.15, 0.2) is 11.6 Å². The highest BCUT2D eigenvalue weighted by Gasteiger charge is 2.74. The number of nitrogens with zero attached hydrogens (tertiary/aromatic N) is 4. The van der Waals surface area contributed by atoms with Crippen molar-refractivity contribution in [1.29, 1.82) is 0 Å². The van der Waals surface area contributed by atoms with Gasteiger partial charge in [-0.25, -0.2) is 9.97 Å². The van der Waals surface area contributed by atoms with Gasteiger partial charge >= 0.3 is 37.3 Å². The van der Waals surface area contributed by atoms with Crippen molar-refractivity contribution in [3.05, 3.63) is 108 Å². The van der Waals surface area contributed by atoms with Gasteiger partial charge in [0, 0.05) is 24.0 Å². The number of carbonyl (C=O) groups excluding carboxylic acids is 8. The minimum Gasteiger partial charge on any atom is -0.599 e. The molecule has 8 rings (SSSR count). The lowest BCUT2D eigenvalue weighted by molar-refractivity contribution is -0.875. The van der Waals surface area contributed by atoms with Crippen LogP contribution in [0.5, 0.6) is 0 Å². The molecule has 0 radical (unpaired) electrons. The zero-order valence-corrected chi connectivity index (χ0v) is 43.7. The number of aliphatic hydroxyl groups is 2. The van der Waals surface area contributed by atoms with E-state index in [4.69, 9.17) is 18.6 Å². The van der Waals surface area contributed by atoms with E-state index in [0.717, 1.165) is 11.1 Å². The normalized spacial score (nSPS) is 25.0. The number of hydrogen-bond donors (Lipinski definition) is 4. The Morgan fingerprint density at radius 2 is 0.842 bits per heavy atom. The zero-order chi connectivity index (χ0) is 54.7. The largest absolute Gasteiger partial charge is 0.605 e. The molecule has 0 spiro atoms. The van der Waals surface area contributed by atoms with Gasteiger partial charge in [-0.15, -0.1) is 0 Å². The van der Waals surface area contributed by atoms with E-state index in [-0.39, 0.29) is 49.2 Å². The third-order valence-electron chi connectivity index (χ3n) is 15.5. The lowest BCUT2D eigenvalue weighted by Crippen LogP contribution is -2.77. The minimum atomic E-state index is -3.17. The van der Waals surface area contributed by atoms with Gasteiger partial charge in [0.05, 0.1) is 60.4 Å². The Hall–Kier alpha value is -7.13. The van der Waals surface area contributed by atoms with E-state index in [1.54, 1.807) is 24.3 Å². The molecule has 0 aliphatic carbocycles. The van der Waals surface area contributed by atoms with Crippen molar-refractivity contribution in [2.24, 2.45) is 23.7 Å². The number of benzene rings is 2. The first kappa shape index (κ1) is 55.1. The molecule has 76 heavy (non-hydrogen) atoms. The number of aromatic nitrogens is 2. The van der Waals surface area contributed by atoms with E-state index in [9.17, 15) is 48.6 Å².